The molecule has 2 aromatic rings. The van der Waals surface area contributed by atoms with Crippen molar-refractivity contribution in [3.8, 4) is 0 Å². The molecule has 0 unspecified atom stereocenters. The summed E-state index contributed by atoms with van der Waals surface area (Å²) in [6.07, 6.45) is -5.88. The lowest BCUT2D eigenvalue weighted by atomic mass is 9.89. The monoisotopic (exact) mass is 408 g/mol. The highest BCUT2D eigenvalue weighted by molar-refractivity contribution is 5.91. The lowest BCUT2D eigenvalue weighted by molar-refractivity contribution is -0.214. The Labute approximate surface area is 167 Å². The maximum Gasteiger partial charge on any atom is 0.422 e. The molecule has 2 aromatic carbocycles. The molecule has 8 heteroatoms. The minimum Gasteiger partial charge on any atom is -0.464 e. The third-order valence-corrected chi connectivity index (χ3v) is 4.39. The van der Waals surface area contributed by atoms with E-state index >= 15 is 0 Å². The Balaban J connectivity index is 2.34. The van der Waals surface area contributed by atoms with Gasteiger partial charge in [-0.3, -0.25) is 4.79 Å². The highest BCUT2D eigenvalue weighted by Crippen LogP contribution is 2.35. The van der Waals surface area contributed by atoms with Crippen LogP contribution in [-0.2, 0) is 27.2 Å². The van der Waals surface area contributed by atoms with Crippen LogP contribution in [-0.4, -0.2) is 36.2 Å². The summed E-state index contributed by atoms with van der Waals surface area (Å²) >= 11 is 0. The lowest BCUT2D eigenvalue weighted by Gasteiger charge is -2.35. The minimum atomic E-state index is -5.10. The van der Waals surface area contributed by atoms with Crippen molar-refractivity contribution in [2.45, 2.75) is 37.5 Å². The number of hydrogen-bond donors (Lipinski definition) is 2. The maximum atomic E-state index is 14.1. The molecule has 1 amide bonds. The van der Waals surface area contributed by atoms with Crippen molar-refractivity contribution in [1.29, 1.82) is 0 Å². The summed E-state index contributed by atoms with van der Waals surface area (Å²) in [6, 6.07) is 15.0. The van der Waals surface area contributed by atoms with Crippen LogP contribution >= 0.6 is 0 Å². The number of hydrogen-bond acceptors (Lipinski definition) is 4. The van der Waals surface area contributed by atoms with E-state index in [9.17, 15) is 22.8 Å². The summed E-state index contributed by atoms with van der Waals surface area (Å²) in [5.41, 5.74) is 3.50. The van der Waals surface area contributed by atoms with Gasteiger partial charge in [-0.2, -0.15) is 13.2 Å². The van der Waals surface area contributed by atoms with Crippen LogP contribution in [0.2, 0.25) is 0 Å². The van der Waals surface area contributed by atoms with Crippen molar-refractivity contribution < 1.29 is 27.5 Å². The van der Waals surface area contributed by atoms with Gasteiger partial charge in [0, 0.05) is 6.42 Å². The number of amides is 1. The zero-order valence-corrected chi connectivity index (χ0v) is 15.9. The van der Waals surface area contributed by atoms with E-state index in [1.54, 1.807) is 48.5 Å². The molecule has 0 spiro atoms. The molecule has 0 bridgehead atoms. The molecule has 0 aliphatic heterocycles. The Bertz CT molecular complexity index is 813. The second-order valence-corrected chi connectivity index (χ2v) is 6.57. The number of ether oxygens (including phenoxy) is 1. The molecule has 2 rings (SSSR count). The van der Waals surface area contributed by atoms with Gasteiger partial charge in [0.05, 0.1) is 12.6 Å². The first-order valence-corrected chi connectivity index (χ1v) is 9.09. The van der Waals surface area contributed by atoms with Crippen LogP contribution in [0.1, 0.15) is 18.1 Å². The molecule has 0 aliphatic carbocycles. The molecular formula is C21H23F3N2O3. The van der Waals surface area contributed by atoms with E-state index in [4.69, 9.17) is 10.5 Å². The summed E-state index contributed by atoms with van der Waals surface area (Å²) in [7, 11) is 0. The second-order valence-electron chi connectivity index (χ2n) is 6.57. The second kappa shape index (κ2) is 9.56. The fourth-order valence-corrected chi connectivity index (χ4v) is 2.87. The van der Waals surface area contributed by atoms with Crippen LogP contribution in [0.3, 0.4) is 0 Å². The first-order chi connectivity index (χ1) is 13.7. The minimum absolute atomic E-state index is 0.0226. The molecule has 0 fully saturated rings. The third kappa shape index (κ3) is 5.57. The van der Waals surface area contributed by atoms with Crippen molar-refractivity contribution in [3.63, 3.8) is 0 Å². The number of carbonyl (C=O) groups is 2. The van der Waals surface area contributed by atoms with Crippen LogP contribution in [0, 0.1) is 0 Å². The SMILES string of the molecule is CCOC(=O)[C@](Cc1ccccc1)(NC(=O)[C@@H](N)Cc1ccccc1)C(F)(F)F. The van der Waals surface area contributed by atoms with Crippen molar-refractivity contribution in [3.05, 3.63) is 71.8 Å². The van der Waals surface area contributed by atoms with Crippen LogP contribution in [0.4, 0.5) is 13.2 Å². The van der Waals surface area contributed by atoms with Crippen molar-refractivity contribution in [1.82, 2.24) is 5.32 Å². The van der Waals surface area contributed by atoms with Crippen LogP contribution in [0.25, 0.3) is 0 Å². The van der Waals surface area contributed by atoms with Gasteiger partial charge in [0.15, 0.2) is 0 Å². The van der Waals surface area contributed by atoms with Crippen molar-refractivity contribution >= 4 is 11.9 Å². The zero-order chi connectivity index (χ0) is 21.5. The summed E-state index contributed by atoms with van der Waals surface area (Å²) in [5, 5.41) is 1.86. The largest absolute Gasteiger partial charge is 0.464 e. The van der Waals surface area contributed by atoms with E-state index in [2.05, 4.69) is 0 Å². The van der Waals surface area contributed by atoms with Gasteiger partial charge in [-0.1, -0.05) is 60.7 Å². The number of carbonyl (C=O) groups excluding carboxylic acids is 2. The fourth-order valence-electron chi connectivity index (χ4n) is 2.87. The van der Waals surface area contributed by atoms with Crippen LogP contribution < -0.4 is 11.1 Å². The summed E-state index contributed by atoms with van der Waals surface area (Å²) in [6.45, 7) is 1.13. The highest BCUT2D eigenvalue weighted by atomic mass is 19.4. The van der Waals surface area contributed by atoms with Crippen LogP contribution in [0.5, 0.6) is 0 Å². The molecule has 29 heavy (non-hydrogen) atoms. The molecule has 0 aliphatic rings. The van der Waals surface area contributed by atoms with E-state index in [0.717, 1.165) is 0 Å². The molecule has 0 saturated heterocycles. The number of halogens is 3. The molecule has 5 nitrogen and oxygen atoms in total. The Morgan fingerprint density at radius 3 is 2.00 bits per heavy atom. The molecule has 0 heterocycles. The van der Waals surface area contributed by atoms with E-state index < -0.39 is 36.1 Å². The highest BCUT2D eigenvalue weighted by Gasteiger charge is 2.62. The van der Waals surface area contributed by atoms with Gasteiger partial charge >= 0.3 is 12.1 Å². The molecule has 0 radical (unpaired) electrons. The number of alkyl halides is 3. The maximum absolute atomic E-state index is 14.1. The average Bonchev–Trinajstić information content (AvgIpc) is 2.68. The average molecular weight is 408 g/mol. The number of nitrogens with two attached hydrogens (primary N) is 1. The van der Waals surface area contributed by atoms with Gasteiger partial charge in [0.2, 0.25) is 11.4 Å². The molecule has 0 aromatic heterocycles. The van der Waals surface area contributed by atoms with E-state index in [1.807, 2.05) is 5.32 Å². The van der Waals surface area contributed by atoms with E-state index in [1.165, 1.54) is 19.1 Å². The Hall–Kier alpha value is -2.87. The molecule has 3 N–H and O–H groups in total. The summed E-state index contributed by atoms with van der Waals surface area (Å²) in [4.78, 5) is 25.0. The predicted molar refractivity (Wildman–Crippen MR) is 102 cm³/mol. The van der Waals surface area contributed by atoms with Gasteiger partial charge in [-0.25, -0.2) is 4.79 Å². The van der Waals surface area contributed by atoms with Crippen molar-refractivity contribution in [2.75, 3.05) is 6.61 Å². The van der Waals surface area contributed by atoms with Gasteiger partial charge < -0.3 is 15.8 Å². The standard InChI is InChI=1S/C21H23F3N2O3/c1-2-29-19(28)20(21(22,23)24,14-16-11-7-4-8-12-16)26-18(27)17(25)13-15-9-5-3-6-10-15/h3-12,17H,2,13-14,25H2,1H3,(H,26,27)/t17-,20-/m0/s1. The smallest absolute Gasteiger partial charge is 0.422 e. The zero-order valence-electron chi connectivity index (χ0n) is 15.9. The number of benzene rings is 2. The summed E-state index contributed by atoms with van der Waals surface area (Å²) in [5.74, 6) is -2.66. The topological polar surface area (TPSA) is 81.4 Å². The lowest BCUT2D eigenvalue weighted by Crippen LogP contribution is -2.68. The number of nitrogens with one attached hydrogen (secondary N) is 1. The first-order valence-electron chi connectivity index (χ1n) is 9.09. The molecule has 156 valence electrons. The fraction of sp³-hybridized carbons (Fsp3) is 0.333. The molecular weight excluding hydrogens is 385 g/mol. The van der Waals surface area contributed by atoms with Crippen LogP contribution in [0.15, 0.2) is 60.7 Å². The normalized spacial score (nSPS) is 14.5. The Kier molecular flexibility index (Phi) is 7.39. The third-order valence-electron chi connectivity index (χ3n) is 4.39. The number of esters is 1. The van der Waals surface area contributed by atoms with Gasteiger partial charge in [0.1, 0.15) is 0 Å². The molecule has 0 saturated carbocycles. The van der Waals surface area contributed by atoms with E-state index in [0.29, 0.717) is 5.56 Å². The van der Waals surface area contributed by atoms with Gasteiger partial charge in [0.25, 0.3) is 0 Å². The Morgan fingerprint density at radius 1 is 1.00 bits per heavy atom. The van der Waals surface area contributed by atoms with Gasteiger partial charge in [-0.15, -0.1) is 0 Å². The molecule has 2 atom stereocenters. The van der Waals surface area contributed by atoms with Gasteiger partial charge in [-0.05, 0) is 24.5 Å². The number of rotatable bonds is 8. The van der Waals surface area contributed by atoms with E-state index in [-0.39, 0.29) is 18.6 Å². The van der Waals surface area contributed by atoms with Crippen molar-refractivity contribution in [2.24, 2.45) is 5.73 Å². The predicted octanol–water partition coefficient (Wildman–Crippen LogP) is 2.78. The summed E-state index contributed by atoms with van der Waals surface area (Å²) < 4.78 is 47.1. The Morgan fingerprint density at radius 2 is 1.52 bits per heavy atom. The first kappa shape index (κ1) is 22.4. The quantitative estimate of drug-likeness (QED) is 0.658.